The van der Waals surface area contributed by atoms with E-state index in [1.54, 1.807) is 24.3 Å². The Morgan fingerprint density at radius 3 is 2.58 bits per heavy atom. The standard InChI is InChI=1S/C16H15FO2/c1-11-4-3-5-13(8-11)15(18)10-19-16-9-12(2)6-7-14(16)17/h3-9H,10H2,1-2H3. The summed E-state index contributed by atoms with van der Waals surface area (Å²) in [7, 11) is 0. The van der Waals surface area contributed by atoms with Gasteiger partial charge in [0, 0.05) is 5.56 Å². The van der Waals surface area contributed by atoms with Crippen LogP contribution in [-0.4, -0.2) is 12.4 Å². The third-order valence-corrected chi connectivity index (χ3v) is 2.79. The van der Waals surface area contributed by atoms with E-state index in [1.165, 1.54) is 6.07 Å². The molecule has 0 aliphatic carbocycles. The van der Waals surface area contributed by atoms with E-state index in [1.807, 2.05) is 26.0 Å². The van der Waals surface area contributed by atoms with E-state index < -0.39 is 5.82 Å². The van der Waals surface area contributed by atoms with Gasteiger partial charge in [-0.15, -0.1) is 0 Å². The van der Waals surface area contributed by atoms with Crippen LogP contribution < -0.4 is 4.74 Å². The normalized spacial score (nSPS) is 10.3. The van der Waals surface area contributed by atoms with Gasteiger partial charge in [-0.25, -0.2) is 4.39 Å². The molecular weight excluding hydrogens is 243 g/mol. The van der Waals surface area contributed by atoms with Crippen LogP contribution in [0.5, 0.6) is 5.75 Å². The van der Waals surface area contributed by atoms with Gasteiger partial charge in [0.1, 0.15) is 0 Å². The molecule has 2 aromatic carbocycles. The maximum absolute atomic E-state index is 13.5. The lowest BCUT2D eigenvalue weighted by atomic mass is 10.1. The zero-order chi connectivity index (χ0) is 13.8. The van der Waals surface area contributed by atoms with Gasteiger partial charge in [-0.3, -0.25) is 4.79 Å². The number of Topliss-reactive ketones (excluding diaryl/α,β-unsaturated/α-hetero) is 1. The Labute approximate surface area is 111 Å². The molecule has 2 rings (SSSR count). The number of hydrogen-bond acceptors (Lipinski definition) is 2. The van der Waals surface area contributed by atoms with Crippen LogP contribution in [0.15, 0.2) is 42.5 Å². The minimum atomic E-state index is -0.456. The Balaban J connectivity index is 2.06. The molecule has 0 atom stereocenters. The van der Waals surface area contributed by atoms with Crippen molar-refractivity contribution < 1.29 is 13.9 Å². The number of carbonyl (C=O) groups excluding carboxylic acids is 1. The van der Waals surface area contributed by atoms with Crippen molar-refractivity contribution in [1.82, 2.24) is 0 Å². The number of carbonyl (C=O) groups is 1. The average Bonchev–Trinajstić information content (AvgIpc) is 2.39. The van der Waals surface area contributed by atoms with Gasteiger partial charge in [-0.05, 0) is 37.6 Å². The van der Waals surface area contributed by atoms with Crippen molar-refractivity contribution in [1.29, 1.82) is 0 Å². The fourth-order valence-corrected chi connectivity index (χ4v) is 1.77. The molecule has 3 heteroatoms. The molecule has 98 valence electrons. The Morgan fingerprint density at radius 1 is 1.11 bits per heavy atom. The Bertz CT molecular complexity index is 605. The molecule has 0 amide bonds. The predicted octanol–water partition coefficient (Wildman–Crippen LogP) is 3.70. The van der Waals surface area contributed by atoms with Crippen LogP contribution in [0, 0.1) is 19.7 Å². The Hall–Kier alpha value is -2.16. The summed E-state index contributed by atoms with van der Waals surface area (Å²) in [5.74, 6) is -0.506. The van der Waals surface area contributed by atoms with Crippen molar-refractivity contribution in [3.8, 4) is 5.75 Å². The number of aryl methyl sites for hydroxylation is 2. The maximum atomic E-state index is 13.5. The van der Waals surface area contributed by atoms with Crippen LogP contribution in [0.1, 0.15) is 21.5 Å². The third kappa shape index (κ3) is 3.41. The van der Waals surface area contributed by atoms with Crippen LogP contribution in [0.2, 0.25) is 0 Å². The van der Waals surface area contributed by atoms with Crippen molar-refractivity contribution in [3.63, 3.8) is 0 Å². The lowest BCUT2D eigenvalue weighted by Gasteiger charge is -2.07. The molecule has 0 aromatic heterocycles. The second-order valence-corrected chi connectivity index (χ2v) is 4.52. The van der Waals surface area contributed by atoms with Gasteiger partial charge in [0.15, 0.2) is 24.0 Å². The van der Waals surface area contributed by atoms with E-state index in [4.69, 9.17) is 4.74 Å². The first-order valence-electron chi connectivity index (χ1n) is 6.05. The number of ketones is 1. The SMILES string of the molecule is Cc1cccc(C(=O)COc2cc(C)ccc2F)c1. The number of ether oxygens (including phenoxy) is 1. The van der Waals surface area contributed by atoms with Crippen LogP contribution in [0.25, 0.3) is 0 Å². The summed E-state index contributed by atoms with van der Waals surface area (Å²) in [5.41, 5.74) is 2.47. The number of benzene rings is 2. The highest BCUT2D eigenvalue weighted by Crippen LogP contribution is 2.18. The summed E-state index contributed by atoms with van der Waals surface area (Å²) in [5, 5.41) is 0. The molecule has 2 aromatic rings. The molecule has 2 nitrogen and oxygen atoms in total. The first-order chi connectivity index (χ1) is 9.06. The quantitative estimate of drug-likeness (QED) is 0.781. The van der Waals surface area contributed by atoms with E-state index in [0.717, 1.165) is 11.1 Å². The minimum Gasteiger partial charge on any atom is -0.482 e. The average molecular weight is 258 g/mol. The summed E-state index contributed by atoms with van der Waals surface area (Å²) < 4.78 is 18.7. The summed E-state index contributed by atoms with van der Waals surface area (Å²) in [6.07, 6.45) is 0. The lowest BCUT2D eigenvalue weighted by molar-refractivity contribution is 0.0918. The first-order valence-corrected chi connectivity index (χ1v) is 6.05. The molecule has 0 aliphatic heterocycles. The Kier molecular flexibility index (Phi) is 3.95. The fraction of sp³-hybridized carbons (Fsp3) is 0.188. The summed E-state index contributed by atoms with van der Waals surface area (Å²) in [6.45, 7) is 3.59. The highest BCUT2D eigenvalue weighted by molar-refractivity contribution is 5.97. The smallest absolute Gasteiger partial charge is 0.200 e. The molecule has 0 radical (unpaired) electrons. The van der Waals surface area contributed by atoms with Crippen molar-refractivity contribution in [2.75, 3.05) is 6.61 Å². The largest absolute Gasteiger partial charge is 0.482 e. The van der Waals surface area contributed by atoms with Gasteiger partial charge in [0.05, 0.1) is 0 Å². The zero-order valence-electron chi connectivity index (χ0n) is 10.9. The molecule has 0 saturated carbocycles. The van der Waals surface area contributed by atoms with Gasteiger partial charge < -0.3 is 4.74 Å². The van der Waals surface area contributed by atoms with E-state index in [9.17, 15) is 9.18 Å². The van der Waals surface area contributed by atoms with E-state index in [-0.39, 0.29) is 18.1 Å². The number of halogens is 1. The highest BCUT2D eigenvalue weighted by Gasteiger charge is 2.09. The maximum Gasteiger partial charge on any atom is 0.200 e. The predicted molar refractivity (Wildman–Crippen MR) is 72.1 cm³/mol. The topological polar surface area (TPSA) is 26.3 Å². The zero-order valence-corrected chi connectivity index (χ0v) is 10.9. The minimum absolute atomic E-state index is 0.112. The van der Waals surface area contributed by atoms with E-state index in [2.05, 4.69) is 0 Å². The van der Waals surface area contributed by atoms with E-state index >= 15 is 0 Å². The van der Waals surface area contributed by atoms with Gasteiger partial charge in [0.2, 0.25) is 0 Å². The molecule has 0 bridgehead atoms. The van der Waals surface area contributed by atoms with Gasteiger partial charge >= 0.3 is 0 Å². The van der Waals surface area contributed by atoms with Crippen molar-refractivity contribution in [3.05, 3.63) is 65.0 Å². The van der Waals surface area contributed by atoms with E-state index in [0.29, 0.717) is 5.56 Å². The van der Waals surface area contributed by atoms with Crippen molar-refractivity contribution in [2.45, 2.75) is 13.8 Å². The van der Waals surface area contributed by atoms with Gasteiger partial charge in [0.25, 0.3) is 0 Å². The van der Waals surface area contributed by atoms with Crippen LogP contribution in [0.4, 0.5) is 4.39 Å². The van der Waals surface area contributed by atoms with Crippen molar-refractivity contribution in [2.24, 2.45) is 0 Å². The fourth-order valence-electron chi connectivity index (χ4n) is 1.77. The molecule has 0 fully saturated rings. The molecule has 0 spiro atoms. The second kappa shape index (κ2) is 5.65. The van der Waals surface area contributed by atoms with Crippen LogP contribution in [-0.2, 0) is 0 Å². The lowest BCUT2D eigenvalue weighted by Crippen LogP contribution is -2.12. The number of rotatable bonds is 4. The number of hydrogen-bond donors (Lipinski definition) is 0. The molecule has 0 saturated heterocycles. The Morgan fingerprint density at radius 2 is 1.84 bits per heavy atom. The highest BCUT2D eigenvalue weighted by atomic mass is 19.1. The van der Waals surface area contributed by atoms with Crippen molar-refractivity contribution >= 4 is 5.78 Å². The molecule has 19 heavy (non-hydrogen) atoms. The molecule has 0 N–H and O–H groups in total. The molecule has 0 unspecified atom stereocenters. The first kappa shape index (κ1) is 13.3. The molecule has 0 aliphatic rings. The monoisotopic (exact) mass is 258 g/mol. The summed E-state index contributed by atoms with van der Waals surface area (Å²) in [6, 6.07) is 11.8. The molecule has 0 heterocycles. The third-order valence-electron chi connectivity index (χ3n) is 2.79. The second-order valence-electron chi connectivity index (χ2n) is 4.52. The van der Waals surface area contributed by atoms with Crippen LogP contribution in [0.3, 0.4) is 0 Å². The summed E-state index contributed by atoms with van der Waals surface area (Å²) in [4.78, 5) is 11.9. The van der Waals surface area contributed by atoms with Gasteiger partial charge in [-0.1, -0.05) is 29.8 Å². The summed E-state index contributed by atoms with van der Waals surface area (Å²) >= 11 is 0. The van der Waals surface area contributed by atoms with Gasteiger partial charge in [-0.2, -0.15) is 0 Å². The molecular formula is C16H15FO2. The van der Waals surface area contributed by atoms with Crippen LogP contribution >= 0.6 is 0 Å².